The Kier molecular flexibility index (Phi) is 4.62. The molecule has 0 saturated heterocycles. The normalized spacial score (nSPS) is 24.4. The molecule has 2 N–H and O–H groups in total. The number of nitrogens with one attached hydrogen (secondary N) is 1. The van der Waals surface area contributed by atoms with E-state index >= 15 is 0 Å². The Morgan fingerprint density at radius 3 is 2.62 bits per heavy atom. The van der Waals surface area contributed by atoms with Gasteiger partial charge >= 0.3 is 0 Å². The van der Waals surface area contributed by atoms with Crippen molar-refractivity contribution in [3.63, 3.8) is 0 Å². The van der Waals surface area contributed by atoms with Gasteiger partial charge in [0.25, 0.3) is 0 Å². The number of hydrogen-bond donors (Lipinski definition) is 2. The van der Waals surface area contributed by atoms with Gasteiger partial charge in [-0.15, -0.1) is 0 Å². The monoisotopic (exact) mass is 227 g/mol. The summed E-state index contributed by atoms with van der Waals surface area (Å²) in [6, 6.07) is 0. The molecule has 16 heavy (non-hydrogen) atoms. The second kappa shape index (κ2) is 5.99. The Morgan fingerprint density at radius 2 is 2.00 bits per heavy atom. The molecule has 0 heterocycles. The van der Waals surface area contributed by atoms with Crippen LogP contribution in [0.5, 0.6) is 0 Å². The molecule has 2 saturated carbocycles. The van der Waals surface area contributed by atoms with Crippen molar-refractivity contribution in [3.05, 3.63) is 0 Å². The summed E-state index contributed by atoms with van der Waals surface area (Å²) in [6.07, 6.45) is 5.08. The molecule has 94 valence electrons. The van der Waals surface area contributed by atoms with Crippen molar-refractivity contribution >= 4 is 0 Å². The highest BCUT2D eigenvalue weighted by atomic mass is 16.5. The molecule has 3 heteroatoms. The van der Waals surface area contributed by atoms with E-state index in [0.29, 0.717) is 13.2 Å². The molecule has 2 fully saturated rings. The fourth-order valence-corrected chi connectivity index (χ4v) is 2.02. The van der Waals surface area contributed by atoms with Gasteiger partial charge in [0, 0.05) is 13.2 Å². The predicted octanol–water partition coefficient (Wildman–Crippen LogP) is 1.41. The van der Waals surface area contributed by atoms with Gasteiger partial charge in [-0.25, -0.2) is 0 Å². The second-order valence-corrected chi connectivity index (χ2v) is 5.61. The van der Waals surface area contributed by atoms with Crippen LogP contribution < -0.4 is 5.32 Å². The van der Waals surface area contributed by atoms with Gasteiger partial charge in [0.2, 0.25) is 0 Å². The highest BCUT2D eigenvalue weighted by molar-refractivity contribution is 4.80. The van der Waals surface area contributed by atoms with E-state index in [-0.39, 0.29) is 6.10 Å². The third kappa shape index (κ3) is 4.81. The summed E-state index contributed by atoms with van der Waals surface area (Å²) in [6.45, 7) is 5.32. The van der Waals surface area contributed by atoms with Crippen LogP contribution in [0, 0.1) is 17.8 Å². The maximum atomic E-state index is 9.66. The van der Waals surface area contributed by atoms with Gasteiger partial charge in [0.05, 0.1) is 12.7 Å². The molecule has 0 bridgehead atoms. The Morgan fingerprint density at radius 1 is 1.25 bits per heavy atom. The van der Waals surface area contributed by atoms with Crippen LogP contribution in [0.4, 0.5) is 0 Å². The maximum absolute atomic E-state index is 9.66. The fourth-order valence-electron chi connectivity index (χ4n) is 2.02. The minimum Gasteiger partial charge on any atom is -0.389 e. The average Bonchev–Trinajstić information content (AvgIpc) is 3.11. The zero-order chi connectivity index (χ0) is 11.4. The second-order valence-electron chi connectivity index (χ2n) is 5.61. The average molecular weight is 227 g/mol. The Balaban J connectivity index is 1.41. The van der Waals surface area contributed by atoms with Gasteiger partial charge in [0.15, 0.2) is 0 Å². The summed E-state index contributed by atoms with van der Waals surface area (Å²) in [5, 5.41) is 13.0. The van der Waals surface area contributed by atoms with E-state index < -0.39 is 0 Å². The van der Waals surface area contributed by atoms with Crippen LogP contribution in [-0.2, 0) is 4.74 Å². The van der Waals surface area contributed by atoms with E-state index in [4.69, 9.17) is 4.74 Å². The summed E-state index contributed by atoms with van der Waals surface area (Å²) in [4.78, 5) is 0. The summed E-state index contributed by atoms with van der Waals surface area (Å²) >= 11 is 0. The highest BCUT2D eigenvalue weighted by Crippen LogP contribution is 2.36. The number of hydrogen-bond acceptors (Lipinski definition) is 3. The molecule has 0 aromatic rings. The van der Waals surface area contributed by atoms with E-state index in [1.165, 1.54) is 25.7 Å². The zero-order valence-electron chi connectivity index (χ0n) is 10.3. The Bertz CT molecular complexity index is 202. The molecular weight excluding hydrogens is 202 g/mol. The van der Waals surface area contributed by atoms with E-state index in [2.05, 4.69) is 12.2 Å². The van der Waals surface area contributed by atoms with Crippen molar-refractivity contribution in [2.24, 2.45) is 17.8 Å². The molecule has 2 rings (SSSR count). The lowest BCUT2D eigenvalue weighted by Crippen LogP contribution is -2.33. The van der Waals surface area contributed by atoms with E-state index in [0.717, 1.165) is 30.9 Å². The first-order valence-electron chi connectivity index (χ1n) is 6.72. The molecule has 0 radical (unpaired) electrons. The van der Waals surface area contributed by atoms with Gasteiger partial charge in [0.1, 0.15) is 0 Å². The quantitative estimate of drug-likeness (QED) is 0.626. The lowest BCUT2D eigenvalue weighted by atomic mass is 10.1. The molecule has 2 unspecified atom stereocenters. The zero-order valence-corrected chi connectivity index (χ0v) is 10.3. The summed E-state index contributed by atoms with van der Waals surface area (Å²) in [7, 11) is 0. The third-order valence-electron chi connectivity index (χ3n) is 3.63. The van der Waals surface area contributed by atoms with Crippen LogP contribution >= 0.6 is 0 Å². The number of aliphatic hydroxyl groups is 1. The van der Waals surface area contributed by atoms with Gasteiger partial charge in [-0.1, -0.05) is 6.92 Å². The maximum Gasteiger partial charge on any atom is 0.0897 e. The van der Waals surface area contributed by atoms with Crippen molar-refractivity contribution in [2.45, 2.75) is 38.7 Å². The van der Waals surface area contributed by atoms with Crippen LogP contribution in [0.2, 0.25) is 0 Å². The van der Waals surface area contributed by atoms with Crippen molar-refractivity contribution in [2.75, 3.05) is 26.3 Å². The molecule has 0 aliphatic heterocycles. The smallest absolute Gasteiger partial charge is 0.0897 e. The Hall–Kier alpha value is -0.120. The minimum absolute atomic E-state index is 0.342. The fraction of sp³-hybridized carbons (Fsp3) is 1.00. The minimum atomic E-state index is -0.342. The topological polar surface area (TPSA) is 41.5 Å². The number of ether oxygens (including phenoxy) is 1. The van der Waals surface area contributed by atoms with Crippen molar-refractivity contribution in [1.29, 1.82) is 0 Å². The van der Waals surface area contributed by atoms with Gasteiger partial charge in [-0.2, -0.15) is 0 Å². The SMILES string of the molecule is CC(CNCC(O)COCC1CC1)C1CC1. The lowest BCUT2D eigenvalue weighted by molar-refractivity contribution is 0.0322. The van der Waals surface area contributed by atoms with Gasteiger partial charge in [-0.3, -0.25) is 0 Å². The van der Waals surface area contributed by atoms with Crippen LogP contribution in [-0.4, -0.2) is 37.5 Å². The molecular formula is C13H25NO2. The first-order chi connectivity index (χ1) is 7.75. The first-order valence-corrected chi connectivity index (χ1v) is 6.72. The molecule has 0 amide bonds. The van der Waals surface area contributed by atoms with Gasteiger partial charge in [-0.05, 0) is 50.0 Å². The summed E-state index contributed by atoms with van der Waals surface area (Å²) in [5.74, 6) is 2.49. The Labute approximate surface area is 98.6 Å². The van der Waals surface area contributed by atoms with E-state index in [9.17, 15) is 5.11 Å². The van der Waals surface area contributed by atoms with Crippen LogP contribution in [0.1, 0.15) is 32.6 Å². The molecule has 2 aliphatic carbocycles. The molecule has 2 aliphatic rings. The highest BCUT2D eigenvalue weighted by Gasteiger charge is 2.27. The molecule has 3 nitrogen and oxygen atoms in total. The van der Waals surface area contributed by atoms with Crippen molar-refractivity contribution < 1.29 is 9.84 Å². The lowest BCUT2D eigenvalue weighted by Gasteiger charge is -2.15. The predicted molar refractivity (Wildman–Crippen MR) is 64.3 cm³/mol. The molecule has 2 atom stereocenters. The number of aliphatic hydroxyl groups excluding tert-OH is 1. The summed E-state index contributed by atoms with van der Waals surface area (Å²) < 4.78 is 5.45. The molecule has 0 aromatic carbocycles. The van der Waals surface area contributed by atoms with Crippen molar-refractivity contribution in [1.82, 2.24) is 5.32 Å². The number of rotatable bonds is 9. The van der Waals surface area contributed by atoms with Crippen LogP contribution in [0.3, 0.4) is 0 Å². The van der Waals surface area contributed by atoms with Gasteiger partial charge < -0.3 is 15.2 Å². The van der Waals surface area contributed by atoms with Crippen LogP contribution in [0.15, 0.2) is 0 Å². The standard InChI is InChI=1S/C13H25NO2/c1-10(12-4-5-12)6-14-7-13(15)9-16-8-11-2-3-11/h10-15H,2-9H2,1H3. The molecule has 0 aromatic heterocycles. The van der Waals surface area contributed by atoms with E-state index in [1.54, 1.807) is 0 Å². The third-order valence-corrected chi connectivity index (χ3v) is 3.63. The van der Waals surface area contributed by atoms with E-state index in [1.807, 2.05) is 0 Å². The van der Waals surface area contributed by atoms with Crippen molar-refractivity contribution in [3.8, 4) is 0 Å². The molecule has 0 spiro atoms. The summed E-state index contributed by atoms with van der Waals surface area (Å²) in [5.41, 5.74) is 0. The van der Waals surface area contributed by atoms with Crippen LogP contribution in [0.25, 0.3) is 0 Å². The largest absolute Gasteiger partial charge is 0.389 e. The first kappa shape index (κ1) is 12.3.